The highest BCUT2D eigenvalue weighted by molar-refractivity contribution is 5.88. The van der Waals surface area contributed by atoms with Crippen molar-refractivity contribution >= 4 is 5.91 Å². The highest BCUT2D eigenvalue weighted by atomic mass is 16.2. The number of β-lactam (4-membered cyclic amide) rings is 1. The Bertz CT molecular complexity index is 205. The van der Waals surface area contributed by atoms with Gasteiger partial charge in [-0.25, -0.2) is 0 Å². The molecule has 1 aliphatic heterocycles. The number of likely N-dealkylation sites (tertiary alicyclic amines) is 1. The molecule has 0 spiro atoms. The smallest absolute Gasteiger partial charge is 0.241 e. The van der Waals surface area contributed by atoms with Crippen LogP contribution in [0, 0.1) is 5.92 Å². The first kappa shape index (κ1) is 8.05. The number of hydrogen-bond acceptors (Lipinski definition) is 2. The summed E-state index contributed by atoms with van der Waals surface area (Å²) in [5.74, 6) is 0.949. The second kappa shape index (κ2) is 2.73. The summed E-state index contributed by atoms with van der Waals surface area (Å²) in [5.41, 5.74) is 5.51. The molecular formula is C9H16N2O. The van der Waals surface area contributed by atoms with Gasteiger partial charge < -0.3 is 10.6 Å². The second-order valence-corrected chi connectivity index (χ2v) is 3.95. The molecule has 1 amide bonds. The van der Waals surface area contributed by atoms with Crippen LogP contribution in [0.15, 0.2) is 0 Å². The average Bonchev–Trinajstić information content (AvgIpc) is 2.79. The Balaban J connectivity index is 1.79. The fourth-order valence-electron chi connectivity index (χ4n) is 2.07. The summed E-state index contributed by atoms with van der Waals surface area (Å²) in [5, 5.41) is 0. The van der Waals surface area contributed by atoms with Gasteiger partial charge in [0.15, 0.2) is 0 Å². The minimum Gasteiger partial charge on any atom is -0.336 e. The molecule has 0 bridgehead atoms. The predicted octanol–water partition coefficient (Wildman–Crippen LogP) is 0.344. The fourth-order valence-corrected chi connectivity index (χ4v) is 2.07. The third-order valence-corrected chi connectivity index (χ3v) is 2.94. The first-order valence-corrected chi connectivity index (χ1v) is 4.80. The van der Waals surface area contributed by atoms with Crippen LogP contribution >= 0.6 is 0 Å². The summed E-state index contributed by atoms with van der Waals surface area (Å²) in [6.45, 7) is 2.99. The van der Waals surface area contributed by atoms with Crippen molar-refractivity contribution in [1.82, 2.24) is 4.90 Å². The molecule has 2 aliphatic rings. The van der Waals surface area contributed by atoms with Crippen molar-refractivity contribution in [3.8, 4) is 0 Å². The van der Waals surface area contributed by atoms with E-state index in [0.29, 0.717) is 6.04 Å². The molecule has 1 saturated heterocycles. The van der Waals surface area contributed by atoms with E-state index in [1.54, 1.807) is 0 Å². The van der Waals surface area contributed by atoms with Gasteiger partial charge in [0.1, 0.15) is 6.04 Å². The molecule has 2 fully saturated rings. The van der Waals surface area contributed by atoms with Gasteiger partial charge in [-0.05, 0) is 18.8 Å². The topological polar surface area (TPSA) is 46.3 Å². The van der Waals surface area contributed by atoms with Gasteiger partial charge in [0, 0.05) is 12.6 Å². The Hall–Kier alpha value is -0.570. The number of nitrogens with two attached hydrogens (primary N) is 1. The van der Waals surface area contributed by atoms with Crippen molar-refractivity contribution in [3.63, 3.8) is 0 Å². The highest BCUT2D eigenvalue weighted by Gasteiger charge is 2.48. The molecule has 2 rings (SSSR count). The Morgan fingerprint density at radius 2 is 2.42 bits per heavy atom. The lowest BCUT2D eigenvalue weighted by Gasteiger charge is -2.36. The minimum absolute atomic E-state index is 0.165. The van der Waals surface area contributed by atoms with Crippen LogP contribution in [0.3, 0.4) is 0 Å². The van der Waals surface area contributed by atoms with Crippen LogP contribution in [0.5, 0.6) is 0 Å². The maximum Gasteiger partial charge on any atom is 0.241 e. The highest BCUT2D eigenvalue weighted by Crippen LogP contribution is 2.41. The monoisotopic (exact) mass is 168 g/mol. The van der Waals surface area contributed by atoms with E-state index in [-0.39, 0.29) is 11.9 Å². The summed E-state index contributed by atoms with van der Waals surface area (Å²) >= 11 is 0. The third kappa shape index (κ3) is 1.12. The fraction of sp³-hybridized carbons (Fsp3) is 0.889. The van der Waals surface area contributed by atoms with Crippen LogP contribution in [0.25, 0.3) is 0 Å². The molecule has 3 nitrogen and oxygen atoms in total. The van der Waals surface area contributed by atoms with E-state index >= 15 is 0 Å². The van der Waals surface area contributed by atoms with Gasteiger partial charge in [0.2, 0.25) is 5.91 Å². The average molecular weight is 168 g/mol. The van der Waals surface area contributed by atoms with Crippen LogP contribution in [0.2, 0.25) is 0 Å². The van der Waals surface area contributed by atoms with Crippen molar-refractivity contribution in [2.24, 2.45) is 11.7 Å². The standard InChI is InChI=1S/C9H16N2O/c1-2-3-6-4-8(6)11-5-7(10)9(11)12/h6-8H,2-5,10H2,1H3. The van der Waals surface area contributed by atoms with Crippen molar-refractivity contribution in [2.75, 3.05) is 6.54 Å². The van der Waals surface area contributed by atoms with Gasteiger partial charge in [0.05, 0.1) is 0 Å². The largest absolute Gasteiger partial charge is 0.336 e. The Labute approximate surface area is 72.9 Å². The summed E-state index contributed by atoms with van der Waals surface area (Å²) in [6, 6.07) is 0.366. The Morgan fingerprint density at radius 3 is 2.92 bits per heavy atom. The lowest BCUT2D eigenvalue weighted by molar-refractivity contribution is -0.143. The molecule has 3 atom stereocenters. The lowest BCUT2D eigenvalue weighted by Crippen LogP contribution is -2.61. The van der Waals surface area contributed by atoms with Gasteiger partial charge in [-0.3, -0.25) is 4.79 Å². The number of hydrogen-bond donors (Lipinski definition) is 1. The minimum atomic E-state index is -0.187. The van der Waals surface area contributed by atoms with Gasteiger partial charge in [-0.1, -0.05) is 13.3 Å². The van der Waals surface area contributed by atoms with Gasteiger partial charge >= 0.3 is 0 Å². The maximum atomic E-state index is 11.2. The van der Waals surface area contributed by atoms with Crippen molar-refractivity contribution in [1.29, 1.82) is 0 Å². The SMILES string of the molecule is CCCC1CC1N1CC(N)C1=O. The molecule has 3 heteroatoms. The van der Waals surface area contributed by atoms with E-state index in [4.69, 9.17) is 5.73 Å². The third-order valence-electron chi connectivity index (χ3n) is 2.94. The predicted molar refractivity (Wildman–Crippen MR) is 46.5 cm³/mol. The van der Waals surface area contributed by atoms with Gasteiger partial charge in [-0.2, -0.15) is 0 Å². The molecule has 2 N–H and O–H groups in total. The van der Waals surface area contributed by atoms with Crippen LogP contribution in [0.1, 0.15) is 26.2 Å². The van der Waals surface area contributed by atoms with Crippen LogP contribution in [-0.4, -0.2) is 29.4 Å². The van der Waals surface area contributed by atoms with Gasteiger partial charge in [0.25, 0.3) is 0 Å². The zero-order chi connectivity index (χ0) is 8.72. The lowest BCUT2D eigenvalue weighted by atomic mass is 10.1. The van der Waals surface area contributed by atoms with E-state index in [0.717, 1.165) is 12.5 Å². The maximum absolute atomic E-state index is 11.2. The molecule has 1 heterocycles. The molecule has 68 valence electrons. The van der Waals surface area contributed by atoms with Gasteiger partial charge in [-0.15, -0.1) is 0 Å². The van der Waals surface area contributed by atoms with Crippen LogP contribution < -0.4 is 5.73 Å². The molecule has 1 aliphatic carbocycles. The molecule has 0 radical (unpaired) electrons. The van der Waals surface area contributed by atoms with E-state index in [1.807, 2.05) is 4.90 Å². The molecule has 0 aromatic heterocycles. The van der Waals surface area contributed by atoms with E-state index in [1.165, 1.54) is 19.3 Å². The molecule has 0 aromatic rings. The quantitative estimate of drug-likeness (QED) is 0.618. The van der Waals surface area contributed by atoms with Crippen LogP contribution in [0.4, 0.5) is 0 Å². The summed E-state index contributed by atoms with van der Waals surface area (Å²) in [6.07, 6.45) is 3.71. The van der Waals surface area contributed by atoms with Crippen LogP contribution in [-0.2, 0) is 4.79 Å². The molecule has 0 aromatic carbocycles. The Kier molecular flexibility index (Phi) is 1.83. The van der Waals surface area contributed by atoms with Crippen molar-refractivity contribution in [2.45, 2.75) is 38.3 Å². The first-order valence-electron chi connectivity index (χ1n) is 4.80. The zero-order valence-electron chi connectivity index (χ0n) is 7.49. The molecule has 1 saturated carbocycles. The number of amides is 1. The number of carbonyl (C=O) groups is 1. The zero-order valence-corrected chi connectivity index (χ0v) is 7.49. The normalized spacial score (nSPS) is 39.7. The number of carbonyl (C=O) groups excluding carboxylic acids is 1. The van der Waals surface area contributed by atoms with Crippen molar-refractivity contribution < 1.29 is 4.79 Å². The first-order chi connectivity index (χ1) is 5.74. The summed E-state index contributed by atoms with van der Waals surface area (Å²) in [7, 11) is 0. The molecular weight excluding hydrogens is 152 g/mol. The van der Waals surface area contributed by atoms with E-state index in [2.05, 4.69) is 6.92 Å². The Morgan fingerprint density at radius 1 is 1.67 bits per heavy atom. The van der Waals surface area contributed by atoms with Crippen molar-refractivity contribution in [3.05, 3.63) is 0 Å². The second-order valence-electron chi connectivity index (χ2n) is 3.95. The summed E-state index contributed by atoms with van der Waals surface area (Å²) < 4.78 is 0. The number of nitrogens with zero attached hydrogens (tertiary/aromatic N) is 1. The summed E-state index contributed by atoms with van der Waals surface area (Å²) in [4.78, 5) is 13.1. The molecule has 12 heavy (non-hydrogen) atoms. The van der Waals surface area contributed by atoms with E-state index < -0.39 is 0 Å². The van der Waals surface area contributed by atoms with E-state index in [9.17, 15) is 4.79 Å². The number of rotatable bonds is 3. The molecule has 3 unspecified atom stereocenters.